The second-order valence-electron chi connectivity index (χ2n) is 3.19. The lowest BCUT2D eigenvalue weighted by atomic mass is 10.1. The van der Waals surface area contributed by atoms with E-state index in [-0.39, 0.29) is 10.6 Å². The molecular formula is C10H6ClF4N3. The summed E-state index contributed by atoms with van der Waals surface area (Å²) in [6.45, 7) is 0. The van der Waals surface area contributed by atoms with Crippen LogP contribution in [0.15, 0.2) is 29.4 Å². The van der Waals surface area contributed by atoms with Crippen LogP contribution in [-0.2, 0) is 0 Å². The largest absolute Gasteiger partial charge is 0.400 e. The molecular weight excluding hydrogens is 274 g/mol. The van der Waals surface area contributed by atoms with E-state index in [2.05, 4.69) is 10.0 Å². The standard InChI is InChI=1S/C10H6ClF4N3/c11-7-3-1-2-6(9(7)12)4-5-8(17-18-16)10(13,14)15/h1-5,8H. The fourth-order valence-electron chi connectivity index (χ4n) is 1.11. The first-order valence-electron chi connectivity index (χ1n) is 4.59. The zero-order chi connectivity index (χ0) is 13.8. The summed E-state index contributed by atoms with van der Waals surface area (Å²) in [5, 5.41) is 2.37. The van der Waals surface area contributed by atoms with Crippen LogP contribution in [0, 0.1) is 5.82 Å². The smallest absolute Gasteiger partial charge is 0.205 e. The van der Waals surface area contributed by atoms with Crippen molar-refractivity contribution in [1.82, 2.24) is 0 Å². The van der Waals surface area contributed by atoms with Crippen molar-refractivity contribution in [3.63, 3.8) is 0 Å². The Morgan fingerprint density at radius 1 is 1.39 bits per heavy atom. The minimum absolute atomic E-state index is 0.120. The molecule has 0 amide bonds. The first kappa shape index (κ1) is 14.3. The summed E-state index contributed by atoms with van der Waals surface area (Å²) >= 11 is 5.47. The Kier molecular flexibility index (Phi) is 4.58. The Morgan fingerprint density at radius 3 is 2.61 bits per heavy atom. The van der Waals surface area contributed by atoms with Crippen LogP contribution in [0.3, 0.4) is 0 Å². The topological polar surface area (TPSA) is 48.8 Å². The molecule has 0 aliphatic rings. The van der Waals surface area contributed by atoms with Crippen molar-refractivity contribution in [2.75, 3.05) is 0 Å². The van der Waals surface area contributed by atoms with Gasteiger partial charge in [0, 0.05) is 10.5 Å². The minimum atomic E-state index is -4.72. The predicted octanol–water partition coefficient (Wildman–Crippen LogP) is 4.73. The van der Waals surface area contributed by atoms with Gasteiger partial charge < -0.3 is 0 Å². The first-order valence-corrected chi connectivity index (χ1v) is 4.97. The van der Waals surface area contributed by atoms with Crippen molar-refractivity contribution in [3.05, 3.63) is 51.1 Å². The van der Waals surface area contributed by atoms with Crippen LogP contribution in [0.4, 0.5) is 17.6 Å². The molecule has 8 heteroatoms. The number of rotatable bonds is 3. The van der Waals surface area contributed by atoms with Gasteiger partial charge in [-0.3, -0.25) is 0 Å². The Bertz CT molecular complexity index is 506. The molecule has 0 N–H and O–H groups in total. The van der Waals surface area contributed by atoms with Crippen molar-refractivity contribution >= 4 is 17.7 Å². The Morgan fingerprint density at radius 2 is 2.06 bits per heavy atom. The normalized spacial score (nSPS) is 13.4. The van der Waals surface area contributed by atoms with E-state index in [1.807, 2.05) is 0 Å². The lowest BCUT2D eigenvalue weighted by molar-refractivity contribution is -0.136. The van der Waals surface area contributed by atoms with Crippen molar-refractivity contribution < 1.29 is 17.6 Å². The lowest BCUT2D eigenvalue weighted by Gasteiger charge is -2.10. The molecule has 1 aromatic rings. The van der Waals surface area contributed by atoms with Crippen LogP contribution in [-0.4, -0.2) is 12.2 Å². The van der Waals surface area contributed by atoms with Crippen LogP contribution in [0.1, 0.15) is 5.56 Å². The highest BCUT2D eigenvalue weighted by molar-refractivity contribution is 6.30. The zero-order valence-electron chi connectivity index (χ0n) is 8.70. The number of azide groups is 1. The van der Waals surface area contributed by atoms with E-state index in [0.717, 1.165) is 6.08 Å². The molecule has 0 spiro atoms. The average molecular weight is 280 g/mol. The van der Waals surface area contributed by atoms with Gasteiger partial charge in [0.05, 0.1) is 5.02 Å². The van der Waals surface area contributed by atoms with Gasteiger partial charge >= 0.3 is 6.18 Å². The highest BCUT2D eigenvalue weighted by atomic mass is 35.5. The number of halogens is 5. The molecule has 0 radical (unpaired) electrons. The van der Waals surface area contributed by atoms with Crippen molar-refractivity contribution in [2.45, 2.75) is 12.2 Å². The van der Waals surface area contributed by atoms with Crippen LogP contribution >= 0.6 is 11.6 Å². The number of hydrogen-bond acceptors (Lipinski definition) is 1. The van der Waals surface area contributed by atoms with E-state index in [1.54, 1.807) is 0 Å². The highest BCUT2D eigenvalue weighted by Gasteiger charge is 2.37. The number of nitrogens with zero attached hydrogens (tertiary/aromatic N) is 3. The molecule has 1 atom stereocenters. The molecule has 0 fully saturated rings. The van der Waals surface area contributed by atoms with Crippen LogP contribution in [0.2, 0.25) is 5.02 Å². The van der Waals surface area contributed by atoms with Gasteiger partial charge in [-0.15, -0.1) is 0 Å². The van der Waals surface area contributed by atoms with Gasteiger partial charge in [-0.2, -0.15) is 13.2 Å². The van der Waals surface area contributed by atoms with Gasteiger partial charge in [0.25, 0.3) is 0 Å². The van der Waals surface area contributed by atoms with E-state index >= 15 is 0 Å². The number of hydrogen-bond donors (Lipinski definition) is 0. The van der Waals surface area contributed by atoms with E-state index in [9.17, 15) is 17.6 Å². The maximum Gasteiger partial charge on any atom is 0.400 e. The van der Waals surface area contributed by atoms with Gasteiger partial charge in [-0.1, -0.05) is 41.0 Å². The quantitative estimate of drug-likeness (QED) is 0.332. The zero-order valence-corrected chi connectivity index (χ0v) is 9.45. The van der Waals surface area contributed by atoms with Crippen molar-refractivity contribution in [2.24, 2.45) is 5.11 Å². The summed E-state index contributed by atoms with van der Waals surface area (Å²) in [5.41, 5.74) is 7.90. The van der Waals surface area contributed by atoms with Gasteiger partial charge in [-0.25, -0.2) is 4.39 Å². The van der Waals surface area contributed by atoms with Crippen molar-refractivity contribution in [3.8, 4) is 0 Å². The Labute approximate surface area is 104 Å². The molecule has 96 valence electrons. The summed E-state index contributed by atoms with van der Waals surface area (Å²) in [7, 11) is 0. The molecule has 18 heavy (non-hydrogen) atoms. The third-order valence-corrected chi connectivity index (χ3v) is 2.24. The summed E-state index contributed by atoms with van der Waals surface area (Å²) in [6, 6.07) is 1.56. The average Bonchev–Trinajstić information content (AvgIpc) is 2.28. The molecule has 0 saturated carbocycles. The molecule has 3 nitrogen and oxygen atoms in total. The third-order valence-electron chi connectivity index (χ3n) is 1.95. The maximum absolute atomic E-state index is 13.4. The molecule has 1 unspecified atom stereocenters. The third kappa shape index (κ3) is 3.65. The summed E-state index contributed by atoms with van der Waals surface area (Å²) in [4.78, 5) is 2.09. The minimum Gasteiger partial charge on any atom is -0.205 e. The fraction of sp³-hybridized carbons (Fsp3) is 0.200. The van der Waals surface area contributed by atoms with E-state index in [0.29, 0.717) is 6.08 Å². The second-order valence-corrected chi connectivity index (χ2v) is 3.60. The molecule has 1 rings (SSSR count). The molecule has 0 bridgehead atoms. The summed E-state index contributed by atoms with van der Waals surface area (Å²) in [5.74, 6) is -0.836. The monoisotopic (exact) mass is 279 g/mol. The molecule has 0 aliphatic carbocycles. The maximum atomic E-state index is 13.4. The highest BCUT2D eigenvalue weighted by Crippen LogP contribution is 2.26. The fourth-order valence-corrected chi connectivity index (χ4v) is 1.29. The van der Waals surface area contributed by atoms with Gasteiger partial charge in [0.1, 0.15) is 5.82 Å². The molecule has 0 saturated heterocycles. The SMILES string of the molecule is [N-]=[N+]=NC(C=Cc1cccc(Cl)c1F)C(F)(F)F. The van der Waals surface area contributed by atoms with Crippen LogP contribution in [0.25, 0.3) is 16.5 Å². The summed E-state index contributed by atoms with van der Waals surface area (Å²) < 4.78 is 50.4. The molecule has 0 aromatic heterocycles. The van der Waals surface area contributed by atoms with Crippen LogP contribution < -0.4 is 0 Å². The summed E-state index contributed by atoms with van der Waals surface area (Å²) in [6.07, 6.45) is -3.29. The lowest BCUT2D eigenvalue weighted by Crippen LogP contribution is -2.24. The first-order chi connectivity index (χ1) is 8.36. The predicted molar refractivity (Wildman–Crippen MR) is 59.4 cm³/mol. The number of benzene rings is 1. The molecule has 0 heterocycles. The Hall–Kier alpha value is -1.72. The second kappa shape index (κ2) is 5.75. The van der Waals surface area contributed by atoms with Crippen molar-refractivity contribution in [1.29, 1.82) is 0 Å². The van der Waals surface area contributed by atoms with Gasteiger partial charge in [0.15, 0.2) is 6.04 Å². The molecule has 0 aliphatic heterocycles. The van der Waals surface area contributed by atoms with Gasteiger partial charge in [-0.05, 0) is 11.6 Å². The number of alkyl halides is 3. The van der Waals surface area contributed by atoms with Gasteiger partial charge in [0.2, 0.25) is 0 Å². The molecule has 1 aromatic carbocycles. The van der Waals surface area contributed by atoms with E-state index < -0.39 is 18.0 Å². The van der Waals surface area contributed by atoms with Crippen LogP contribution in [0.5, 0.6) is 0 Å². The van der Waals surface area contributed by atoms with E-state index in [4.69, 9.17) is 17.1 Å². The van der Waals surface area contributed by atoms with E-state index in [1.165, 1.54) is 18.2 Å². The Balaban J connectivity index is 3.04.